The van der Waals surface area contributed by atoms with Crippen molar-refractivity contribution in [3.05, 3.63) is 30.1 Å². The van der Waals surface area contributed by atoms with E-state index in [1.54, 1.807) is 0 Å². The number of nitrogens with zero attached hydrogens (tertiary/aromatic N) is 3. The van der Waals surface area contributed by atoms with Gasteiger partial charge in [0, 0.05) is 19.0 Å². The fraction of sp³-hybridized carbons (Fsp3) is 0.556. The number of hydrogen-bond acceptors (Lipinski definition) is 3. The minimum absolute atomic E-state index is 0.00249. The van der Waals surface area contributed by atoms with Crippen molar-refractivity contribution in [3.8, 4) is 0 Å². The zero-order valence-electron chi connectivity index (χ0n) is 13.4. The van der Waals surface area contributed by atoms with Gasteiger partial charge in [0.15, 0.2) is 0 Å². The molecule has 1 saturated carbocycles. The Balaban J connectivity index is 1.40. The van der Waals surface area contributed by atoms with Crippen LogP contribution in [0.1, 0.15) is 31.1 Å². The molecule has 1 aliphatic carbocycles. The van der Waals surface area contributed by atoms with E-state index in [9.17, 15) is 4.79 Å². The molecule has 0 radical (unpaired) electrons. The molecular formula is C18H22N4O. The Morgan fingerprint density at radius 1 is 1.35 bits per heavy atom. The topological polar surface area (TPSA) is 50.2 Å². The molecule has 1 N–H and O–H groups in total. The third kappa shape index (κ3) is 2.02. The van der Waals surface area contributed by atoms with Crippen molar-refractivity contribution in [1.82, 2.24) is 19.8 Å². The molecule has 1 aromatic carbocycles. The van der Waals surface area contributed by atoms with Gasteiger partial charge in [-0.05, 0) is 44.4 Å². The Bertz CT molecular complexity index is 778. The van der Waals surface area contributed by atoms with Crippen molar-refractivity contribution in [1.29, 1.82) is 0 Å². The fourth-order valence-electron chi connectivity index (χ4n) is 4.40. The first-order valence-corrected chi connectivity index (χ1v) is 8.67. The van der Waals surface area contributed by atoms with Crippen molar-refractivity contribution in [2.45, 2.75) is 37.9 Å². The predicted molar refractivity (Wildman–Crippen MR) is 87.9 cm³/mol. The zero-order valence-corrected chi connectivity index (χ0v) is 13.4. The lowest BCUT2D eigenvalue weighted by atomic mass is 10.0. The average molecular weight is 310 g/mol. The summed E-state index contributed by atoms with van der Waals surface area (Å²) < 4.78 is 2.35. The Morgan fingerprint density at radius 2 is 2.17 bits per heavy atom. The molecule has 5 rings (SSSR count). The highest BCUT2D eigenvalue weighted by Gasteiger charge is 2.49. The molecule has 2 aromatic rings. The molecule has 3 heterocycles. The molecule has 120 valence electrons. The molecule has 0 spiro atoms. The number of nitrogens with one attached hydrogen (secondary N) is 1. The van der Waals surface area contributed by atoms with Crippen LogP contribution >= 0.6 is 0 Å². The van der Waals surface area contributed by atoms with E-state index in [0.29, 0.717) is 5.92 Å². The number of amides is 1. The van der Waals surface area contributed by atoms with E-state index in [1.807, 2.05) is 6.07 Å². The van der Waals surface area contributed by atoms with Gasteiger partial charge in [-0.25, -0.2) is 4.98 Å². The number of benzene rings is 1. The maximum atomic E-state index is 12.5. The average Bonchev–Trinajstić information content (AvgIpc) is 3.11. The summed E-state index contributed by atoms with van der Waals surface area (Å²) in [6, 6.07) is 8.60. The molecule has 0 bridgehead atoms. The lowest BCUT2D eigenvalue weighted by molar-refractivity contribution is -0.125. The summed E-state index contributed by atoms with van der Waals surface area (Å²) in [6.07, 6.45) is 3.49. The second-order valence-electron chi connectivity index (χ2n) is 7.38. The minimum atomic E-state index is -0.00249. The van der Waals surface area contributed by atoms with Crippen LogP contribution in [0.2, 0.25) is 0 Å². The highest BCUT2D eigenvalue weighted by atomic mass is 16.2. The van der Waals surface area contributed by atoms with Crippen molar-refractivity contribution in [2.75, 3.05) is 13.6 Å². The molecule has 23 heavy (non-hydrogen) atoms. The van der Waals surface area contributed by atoms with E-state index in [-0.39, 0.29) is 18.0 Å². The van der Waals surface area contributed by atoms with E-state index in [2.05, 4.69) is 40.0 Å². The first kappa shape index (κ1) is 13.5. The molecule has 1 amide bonds. The highest BCUT2D eigenvalue weighted by molar-refractivity contribution is 5.82. The molecule has 3 aliphatic rings. The van der Waals surface area contributed by atoms with Crippen LogP contribution in [-0.2, 0) is 11.3 Å². The second-order valence-corrected chi connectivity index (χ2v) is 7.38. The number of hydrogen-bond donors (Lipinski definition) is 1. The standard InChI is InChI=1S/C18H22N4O/c1-21-15(18(23)19-9-11-6-7-11)8-12-10-22-14-5-3-2-4-13(14)20-17(22)16(12)21/h2-5,11-12,15-16H,6-10H2,1H3,(H,19,23). The number of para-hydroxylation sites is 2. The third-order valence-electron chi connectivity index (χ3n) is 5.83. The summed E-state index contributed by atoms with van der Waals surface area (Å²) in [6.45, 7) is 1.84. The van der Waals surface area contributed by atoms with Crippen LogP contribution in [0.25, 0.3) is 11.0 Å². The van der Waals surface area contributed by atoms with Crippen LogP contribution in [0, 0.1) is 11.8 Å². The predicted octanol–water partition coefficient (Wildman–Crippen LogP) is 1.94. The van der Waals surface area contributed by atoms with Crippen LogP contribution in [0.3, 0.4) is 0 Å². The minimum Gasteiger partial charge on any atom is -0.354 e. The van der Waals surface area contributed by atoms with Gasteiger partial charge in [-0.2, -0.15) is 0 Å². The van der Waals surface area contributed by atoms with Crippen LogP contribution in [0.15, 0.2) is 24.3 Å². The number of aromatic nitrogens is 2. The highest BCUT2D eigenvalue weighted by Crippen LogP contribution is 2.46. The zero-order chi connectivity index (χ0) is 15.6. The molecular weight excluding hydrogens is 288 g/mol. The number of rotatable bonds is 3. The van der Waals surface area contributed by atoms with Crippen LogP contribution in [0.4, 0.5) is 0 Å². The van der Waals surface area contributed by atoms with E-state index in [0.717, 1.165) is 36.8 Å². The third-order valence-corrected chi connectivity index (χ3v) is 5.83. The van der Waals surface area contributed by atoms with E-state index >= 15 is 0 Å². The maximum absolute atomic E-state index is 12.5. The summed E-state index contributed by atoms with van der Waals surface area (Å²) in [5, 5.41) is 3.15. The summed E-state index contributed by atoms with van der Waals surface area (Å²) in [7, 11) is 2.08. The SMILES string of the molecule is CN1C(C(=O)NCC2CC2)CC2Cn3c(nc4ccccc43)C21. The van der Waals surface area contributed by atoms with E-state index in [1.165, 1.54) is 18.4 Å². The van der Waals surface area contributed by atoms with Gasteiger partial charge in [0.25, 0.3) is 0 Å². The largest absolute Gasteiger partial charge is 0.354 e. The first-order chi connectivity index (χ1) is 11.2. The van der Waals surface area contributed by atoms with Crippen molar-refractivity contribution in [3.63, 3.8) is 0 Å². The first-order valence-electron chi connectivity index (χ1n) is 8.67. The monoisotopic (exact) mass is 310 g/mol. The number of fused-ring (bicyclic) bond motifs is 5. The van der Waals surface area contributed by atoms with E-state index in [4.69, 9.17) is 4.98 Å². The quantitative estimate of drug-likeness (QED) is 0.942. The Labute approximate surface area is 135 Å². The molecule has 5 nitrogen and oxygen atoms in total. The molecule has 3 atom stereocenters. The van der Waals surface area contributed by atoms with Gasteiger partial charge < -0.3 is 9.88 Å². The van der Waals surface area contributed by atoms with Crippen molar-refractivity contribution in [2.24, 2.45) is 11.8 Å². The molecule has 2 fully saturated rings. The Hall–Kier alpha value is -1.88. The van der Waals surface area contributed by atoms with Crippen molar-refractivity contribution >= 4 is 16.9 Å². The van der Waals surface area contributed by atoms with Crippen LogP contribution in [-0.4, -0.2) is 40.0 Å². The second kappa shape index (κ2) is 4.81. The summed E-state index contributed by atoms with van der Waals surface area (Å²) in [5.74, 6) is 2.57. The normalized spacial score (nSPS) is 29.7. The van der Waals surface area contributed by atoms with Gasteiger partial charge in [0.2, 0.25) is 5.91 Å². The molecule has 5 heteroatoms. The fourth-order valence-corrected chi connectivity index (χ4v) is 4.40. The molecule has 3 unspecified atom stereocenters. The number of likely N-dealkylation sites (N-methyl/N-ethyl adjacent to an activating group) is 1. The van der Waals surface area contributed by atoms with Crippen LogP contribution < -0.4 is 5.32 Å². The lowest BCUT2D eigenvalue weighted by Gasteiger charge is -2.23. The molecule has 1 aromatic heterocycles. The van der Waals surface area contributed by atoms with Gasteiger partial charge in [-0.15, -0.1) is 0 Å². The smallest absolute Gasteiger partial charge is 0.237 e. The molecule has 1 saturated heterocycles. The summed E-state index contributed by atoms with van der Waals surface area (Å²) in [5.41, 5.74) is 2.29. The summed E-state index contributed by atoms with van der Waals surface area (Å²) in [4.78, 5) is 19.6. The Morgan fingerprint density at radius 3 is 3.00 bits per heavy atom. The lowest BCUT2D eigenvalue weighted by Crippen LogP contribution is -2.42. The van der Waals surface area contributed by atoms with Gasteiger partial charge >= 0.3 is 0 Å². The number of carbonyl (C=O) groups is 1. The number of carbonyl (C=O) groups excluding carboxylic acids is 1. The Kier molecular flexibility index (Phi) is 2.83. The van der Waals surface area contributed by atoms with Crippen LogP contribution in [0.5, 0.6) is 0 Å². The van der Waals surface area contributed by atoms with E-state index < -0.39 is 0 Å². The van der Waals surface area contributed by atoms with Gasteiger partial charge in [-0.3, -0.25) is 9.69 Å². The van der Waals surface area contributed by atoms with Crippen molar-refractivity contribution < 1.29 is 4.79 Å². The molecule has 2 aliphatic heterocycles. The van der Waals surface area contributed by atoms with Gasteiger partial charge in [0.05, 0.1) is 23.1 Å². The summed E-state index contributed by atoms with van der Waals surface area (Å²) >= 11 is 0. The maximum Gasteiger partial charge on any atom is 0.237 e. The van der Waals surface area contributed by atoms with Gasteiger partial charge in [0.1, 0.15) is 5.82 Å². The van der Waals surface area contributed by atoms with Gasteiger partial charge in [-0.1, -0.05) is 12.1 Å². The number of likely N-dealkylation sites (tertiary alicyclic amines) is 1. The number of imidazole rings is 1.